The SMILES string of the molecule is CC(C)C1CN(CC(F)(F)F)C(C(C)(C)C)CN1. The fourth-order valence-electron chi connectivity index (χ4n) is 2.54. The first-order chi connectivity index (χ1) is 8.00. The Morgan fingerprint density at radius 3 is 2.17 bits per heavy atom. The van der Waals surface area contributed by atoms with Gasteiger partial charge in [0.05, 0.1) is 6.54 Å². The number of nitrogens with zero attached hydrogens (tertiary/aromatic N) is 1. The predicted molar refractivity (Wildman–Crippen MR) is 67.5 cm³/mol. The fraction of sp³-hybridized carbons (Fsp3) is 1.00. The molecular weight excluding hydrogens is 241 g/mol. The van der Waals surface area contributed by atoms with Crippen LogP contribution in [0.2, 0.25) is 0 Å². The first-order valence-corrected chi connectivity index (χ1v) is 6.55. The predicted octanol–water partition coefficient (Wildman–Crippen LogP) is 2.89. The molecule has 1 aliphatic heterocycles. The van der Waals surface area contributed by atoms with Gasteiger partial charge >= 0.3 is 6.18 Å². The maximum atomic E-state index is 12.7. The van der Waals surface area contributed by atoms with Crippen molar-refractivity contribution >= 4 is 0 Å². The lowest BCUT2D eigenvalue weighted by Gasteiger charge is -2.47. The monoisotopic (exact) mass is 266 g/mol. The van der Waals surface area contributed by atoms with Crippen LogP contribution in [0.5, 0.6) is 0 Å². The highest BCUT2D eigenvalue weighted by Gasteiger charge is 2.41. The summed E-state index contributed by atoms with van der Waals surface area (Å²) >= 11 is 0. The zero-order valence-corrected chi connectivity index (χ0v) is 11.9. The third-order valence-corrected chi connectivity index (χ3v) is 3.63. The molecule has 2 atom stereocenters. The number of hydrogen-bond acceptors (Lipinski definition) is 2. The van der Waals surface area contributed by atoms with Crippen molar-refractivity contribution in [3.05, 3.63) is 0 Å². The number of halogens is 3. The van der Waals surface area contributed by atoms with E-state index in [9.17, 15) is 13.2 Å². The molecule has 0 amide bonds. The summed E-state index contributed by atoms with van der Waals surface area (Å²) in [5.74, 6) is 0.349. The standard InChI is InChI=1S/C13H25F3N2/c1-9(2)10-7-18(8-13(14,15)16)11(6-17-10)12(3,4)5/h9-11,17H,6-8H2,1-5H3. The smallest absolute Gasteiger partial charge is 0.311 e. The highest BCUT2D eigenvalue weighted by molar-refractivity contribution is 4.93. The van der Waals surface area contributed by atoms with Crippen molar-refractivity contribution in [2.75, 3.05) is 19.6 Å². The molecular formula is C13H25F3N2. The molecule has 1 heterocycles. The van der Waals surface area contributed by atoms with Gasteiger partial charge in [-0.25, -0.2) is 0 Å². The summed E-state index contributed by atoms with van der Waals surface area (Å²) < 4.78 is 38.0. The largest absolute Gasteiger partial charge is 0.401 e. The molecule has 2 nitrogen and oxygen atoms in total. The summed E-state index contributed by atoms with van der Waals surface area (Å²) in [6.07, 6.45) is -4.12. The zero-order chi connectivity index (χ0) is 14.1. The lowest BCUT2D eigenvalue weighted by molar-refractivity contribution is -0.160. The van der Waals surface area contributed by atoms with Gasteiger partial charge in [0, 0.05) is 25.2 Å². The van der Waals surface area contributed by atoms with E-state index >= 15 is 0 Å². The van der Waals surface area contributed by atoms with Crippen molar-refractivity contribution in [3.63, 3.8) is 0 Å². The Balaban J connectivity index is 2.80. The summed E-state index contributed by atoms with van der Waals surface area (Å²) in [7, 11) is 0. The van der Waals surface area contributed by atoms with Gasteiger partial charge < -0.3 is 5.32 Å². The Kier molecular flexibility index (Phi) is 4.70. The van der Waals surface area contributed by atoms with Crippen molar-refractivity contribution < 1.29 is 13.2 Å². The van der Waals surface area contributed by atoms with E-state index in [0.29, 0.717) is 19.0 Å². The first kappa shape index (κ1) is 15.8. The van der Waals surface area contributed by atoms with Crippen molar-refractivity contribution in [1.29, 1.82) is 0 Å². The second kappa shape index (κ2) is 5.37. The molecule has 1 N–H and O–H groups in total. The van der Waals surface area contributed by atoms with Gasteiger partial charge in [0.25, 0.3) is 0 Å². The van der Waals surface area contributed by atoms with Crippen LogP contribution in [0.25, 0.3) is 0 Å². The Morgan fingerprint density at radius 1 is 1.22 bits per heavy atom. The molecule has 0 spiro atoms. The zero-order valence-electron chi connectivity index (χ0n) is 11.9. The molecule has 2 unspecified atom stereocenters. The fourth-order valence-corrected chi connectivity index (χ4v) is 2.54. The van der Waals surface area contributed by atoms with E-state index in [1.165, 1.54) is 0 Å². The Morgan fingerprint density at radius 2 is 1.78 bits per heavy atom. The van der Waals surface area contributed by atoms with Crippen LogP contribution < -0.4 is 5.32 Å². The van der Waals surface area contributed by atoms with Crippen LogP contribution in [0.4, 0.5) is 13.2 Å². The highest BCUT2D eigenvalue weighted by atomic mass is 19.4. The van der Waals surface area contributed by atoms with E-state index in [1.807, 2.05) is 34.6 Å². The van der Waals surface area contributed by atoms with Crippen molar-refractivity contribution in [1.82, 2.24) is 10.2 Å². The third-order valence-electron chi connectivity index (χ3n) is 3.63. The normalized spacial score (nSPS) is 27.8. The number of rotatable bonds is 2. The van der Waals surface area contributed by atoms with Gasteiger partial charge in [0.2, 0.25) is 0 Å². The molecule has 0 radical (unpaired) electrons. The van der Waals surface area contributed by atoms with Gasteiger partial charge in [-0.15, -0.1) is 0 Å². The molecule has 1 rings (SSSR count). The maximum Gasteiger partial charge on any atom is 0.401 e. The van der Waals surface area contributed by atoms with E-state index in [1.54, 1.807) is 4.90 Å². The van der Waals surface area contributed by atoms with Gasteiger partial charge in [0.1, 0.15) is 0 Å². The quantitative estimate of drug-likeness (QED) is 0.826. The molecule has 1 fully saturated rings. The van der Waals surface area contributed by atoms with Crippen LogP contribution >= 0.6 is 0 Å². The number of nitrogens with one attached hydrogen (secondary N) is 1. The van der Waals surface area contributed by atoms with E-state index in [2.05, 4.69) is 5.32 Å². The van der Waals surface area contributed by atoms with Crippen molar-refractivity contribution in [3.8, 4) is 0 Å². The second-order valence-electron chi connectivity index (χ2n) is 6.69. The first-order valence-electron chi connectivity index (χ1n) is 6.55. The van der Waals surface area contributed by atoms with Crippen LogP contribution in [0.3, 0.4) is 0 Å². The highest BCUT2D eigenvalue weighted by Crippen LogP contribution is 2.30. The number of piperazine rings is 1. The van der Waals surface area contributed by atoms with Crippen LogP contribution in [-0.2, 0) is 0 Å². The summed E-state index contributed by atoms with van der Waals surface area (Å²) in [6, 6.07) is 0.0695. The van der Waals surface area contributed by atoms with Gasteiger partial charge in [-0.2, -0.15) is 13.2 Å². The molecule has 0 saturated carbocycles. The molecule has 0 aromatic heterocycles. The van der Waals surface area contributed by atoms with Crippen LogP contribution in [0.15, 0.2) is 0 Å². The molecule has 0 aromatic rings. The molecule has 1 saturated heterocycles. The lowest BCUT2D eigenvalue weighted by Crippen LogP contribution is -2.63. The average molecular weight is 266 g/mol. The molecule has 0 bridgehead atoms. The van der Waals surface area contributed by atoms with E-state index < -0.39 is 12.7 Å². The van der Waals surface area contributed by atoms with Crippen molar-refractivity contribution in [2.45, 2.75) is 52.9 Å². The Bertz CT molecular complexity index is 268. The Hall–Kier alpha value is -0.290. The van der Waals surface area contributed by atoms with Crippen LogP contribution in [0, 0.1) is 11.3 Å². The van der Waals surface area contributed by atoms with Gasteiger partial charge in [-0.1, -0.05) is 34.6 Å². The summed E-state index contributed by atoms with van der Waals surface area (Å²) in [6.45, 7) is 10.4. The minimum Gasteiger partial charge on any atom is -0.311 e. The lowest BCUT2D eigenvalue weighted by atomic mass is 9.83. The molecule has 5 heteroatoms. The third kappa shape index (κ3) is 4.43. The minimum atomic E-state index is -4.12. The number of alkyl halides is 3. The van der Waals surface area contributed by atoms with E-state index in [-0.39, 0.29) is 17.5 Å². The van der Waals surface area contributed by atoms with Crippen molar-refractivity contribution in [2.24, 2.45) is 11.3 Å². The molecule has 1 aliphatic rings. The number of hydrogen-bond donors (Lipinski definition) is 1. The second-order valence-corrected chi connectivity index (χ2v) is 6.69. The van der Waals surface area contributed by atoms with E-state index in [0.717, 1.165) is 0 Å². The van der Waals surface area contributed by atoms with Crippen LogP contribution in [0.1, 0.15) is 34.6 Å². The maximum absolute atomic E-state index is 12.7. The molecule has 0 aromatic carbocycles. The molecule has 18 heavy (non-hydrogen) atoms. The summed E-state index contributed by atoms with van der Waals surface area (Å²) in [5.41, 5.74) is -0.153. The van der Waals surface area contributed by atoms with Crippen LogP contribution in [-0.4, -0.2) is 42.8 Å². The topological polar surface area (TPSA) is 15.3 Å². The summed E-state index contributed by atoms with van der Waals surface area (Å²) in [5, 5.41) is 3.38. The molecule has 0 aliphatic carbocycles. The summed E-state index contributed by atoms with van der Waals surface area (Å²) in [4.78, 5) is 1.60. The van der Waals surface area contributed by atoms with Gasteiger partial charge in [0.15, 0.2) is 0 Å². The minimum absolute atomic E-state index is 0.0749. The Labute approximate surface area is 108 Å². The van der Waals surface area contributed by atoms with Gasteiger partial charge in [-0.3, -0.25) is 4.90 Å². The average Bonchev–Trinajstić information content (AvgIpc) is 2.12. The molecule has 108 valence electrons. The van der Waals surface area contributed by atoms with Gasteiger partial charge in [-0.05, 0) is 11.3 Å². The van der Waals surface area contributed by atoms with E-state index in [4.69, 9.17) is 0 Å².